The van der Waals surface area contributed by atoms with E-state index in [-0.39, 0.29) is 5.54 Å². The lowest BCUT2D eigenvalue weighted by atomic mass is 10.1. The van der Waals surface area contributed by atoms with Gasteiger partial charge in [0.15, 0.2) is 0 Å². The summed E-state index contributed by atoms with van der Waals surface area (Å²) < 4.78 is 7.03. The Balaban J connectivity index is 1.82. The van der Waals surface area contributed by atoms with Gasteiger partial charge in [0.25, 0.3) is 0 Å². The third-order valence-corrected chi connectivity index (χ3v) is 4.95. The average molecular weight is 355 g/mol. The lowest BCUT2D eigenvalue weighted by molar-refractivity contribution is 0.0272. The zero-order valence-corrected chi connectivity index (χ0v) is 15.2. The Bertz CT molecular complexity index is 470. The van der Waals surface area contributed by atoms with E-state index in [1.165, 1.54) is 24.0 Å². The Kier molecular flexibility index (Phi) is 5.83. The van der Waals surface area contributed by atoms with E-state index < -0.39 is 0 Å². The second-order valence-electron chi connectivity index (χ2n) is 6.78. The molecule has 0 aromatic heterocycles. The number of halogens is 1. The molecule has 1 fully saturated rings. The van der Waals surface area contributed by atoms with Crippen molar-refractivity contribution in [1.29, 1.82) is 0 Å². The molecule has 21 heavy (non-hydrogen) atoms. The zero-order valence-electron chi connectivity index (χ0n) is 13.6. The Hall–Kier alpha value is -0.420. The van der Waals surface area contributed by atoms with Crippen LogP contribution in [-0.2, 0) is 17.9 Å². The lowest BCUT2D eigenvalue weighted by Gasteiger charge is -2.32. The predicted octanol–water partition coefficient (Wildman–Crippen LogP) is 3.56. The van der Waals surface area contributed by atoms with Gasteiger partial charge in [0.2, 0.25) is 0 Å². The van der Waals surface area contributed by atoms with Crippen LogP contribution in [0, 0.1) is 0 Å². The van der Waals surface area contributed by atoms with Crippen LogP contribution in [0.4, 0.5) is 0 Å². The van der Waals surface area contributed by atoms with E-state index in [1.54, 1.807) is 0 Å². The molecule has 1 aliphatic rings. The molecule has 0 amide bonds. The molecular weight excluding hydrogens is 328 g/mol. The maximum atomic E-state index is 5.89. The number of rotatable bonds is 8. The molecule has 0 saturated heterocycles. The predicted molar refractivity (Wildman–Crippen MR) is 91.4 cm³/mol. The van der Waals surface area contributed by atoms with Crippen molar-refractivity contribution in [1.82, 2.24) is 10.2 Å². The maximum absolute atomic E-state index is 5.89. The van der Waals surface area contributed by atoms with Crippen molar-refractivity contribution in [2.75, 3.05) is 20.7 Å². The van der Waals surface area contributed by atoms with Crippen molar-refractivity contribution in [2.45, 2.75) is 51.4 Å². The molecule has 4 heteroatoms. The topological polar surface area (TPSA) is 24.5 Å². The number of ether oxygens (including phenoxy) is 1. The second-order valence-corrected chi connectivity index (χ2v) is 7.63. The quantitative estimate of drug-likeness (QED) is 0.772. The fourth-order valence-corrected chi connectivity index (χ4v) is 2.45. The van der Waals surface area contributed by atoms with Gasteiger partial charge in [0.1, 0.15) is 0 Å². The van der Waals surface area contributed by atoms with Crippen molar-refractivity contribution in [2.24, 2.45) is 0 Å². The summed E-state index contributed by atoms with van der Waals surface area (Å²) in [7, 11) is 4.17. The van der Waals surface area contributed by atoms with Gasteiger partial charge in [-0.05, 0) is 58.0 Å². The standard InChI is InChI=1S/C17H27BrN2O/c1-17(2,20(3)4)12-21-11-14-6-5-13(9-16(14)18)10-19-15-7-8-15/h5-6,9,15,19H,7-8,10-12H2,1-4H3. The first kappa shape index (κ1) is 16.9. The first-order valence-electron chi connectivity index (χ1n) is 7.64. The van der Waals surface area contributed by atoms with E-state index in [9.17, 15) is 0 Å². The summed E-state index contributed by atoms with van der Waals surface area (Å²) in [6.07, 6.45) is 2.66. The van der Waals surface area contributed by atoms with Crippen LogP contribution in [0.25, 0.3) is 0 Å². The van der Waals surface area contributed by atoms with Crippen LogP contribution >= 0.6 is 15.9 Å². The summed E-state index contributed by atoms with van der Waals surface area (Å²) in [5, 5.41) is 3.54. The van der Waals surface area contributed by atoms with Gasteiger partial charge >= 0.3 is 0 Å². The molecule has 1 aromatic rings. The molecule has 0 bridgehead atoms. The normalized spacial score (nSPS) is 15.7. The Morgan fingerprint density at radius 3 is 2.62 bits per heavy atom. The van der Waals surface area contributed by atoms with Gasteiger partial charge in [-0.1, -0.05) is 28.1 Å². The molecule has 1 saturated carbocycles. The van der Waals surface area contributed by atoms with Gasteiger partial charge in [0.05, 0.1) is 13.2 Å². The van der Waals surface area contributed by atoms with Crippen molar-refractivity contribution >= 4 is 15.9 Å². The minimum absolute atomic E-state index is 0.0562. The molecule has 1 aromatic carbocycles. The molecule has 0 atom stereocenters. The third kappa shape index (κ3) is 5.37. The Morgan fingerprint density at radius 1 is 1.33 bits per heavy atom. The summed E-state index contributed by atoms with van der Waals surface area (Å²) >= 11 is 3.66. The number of benzene rings is 1. The fourth-order valence-electron chi connectivity index (χ4n) is 1.91. The van der Waals surface area contributed by atoms with Gasteiger partial charge in [-0.3, -0.25) is 0 Å². The van der Waals surface area contributed by atoms with Crippen LogP contribution in [-0.4, -0.2) is 37.2 Å². The van der Waals surface area contributed by atoms with E-state index in [4.69, 9.17) is 4.74 Å². The Labute approximate surface area is 137 Å². The van der Waals surface area contributed by atoms with Crippen LogP contribution in [0.3, 0.4) is 0 Å². The average Bonchev–Trinajstić information content (AvgIpc) is 3.22. The lowest BCUT2D eigenvalue weighted by Crippen LogP contribution is -2.42. The van der Waals surface area contributed by atoms with Crippen molar-refractivity contribution in [3.63, 3.8) is 0 Å². The molecule has 0 spiro atoms. The van der Waals surface area contributed by atoms with E-state index in [0.717, 1.165) is 23.7 Å². The van der Waals surface area contributed by atoms with E-state index in [1.807, 2.05) is 0 Å². The van der Waals surface area contributed by atoms with Gasteiger partial charge in [-0.2, -0.15) is 0 Å². The van der Waals surface area contributed by atoms with Crippen LogP contribution in [0.15, 0.2) is 22.7 Å². The van der Waals surface area contributed by atoms with Gasteiger partial charge in [-0.25, -0.2) is 0 Å². The highest BCUT2D eigenvalue weighted by Gasteiger charge is 2.21. The highest BCUT2D eigenvalue weighted by molar-refractivity contribution is 9.10. The monoisotopic (exact) mass is 354 g/mol. The van der Waals surface area contributed by atoms with Gasteiger partial charge in [-0.15, -0.1) is 0 Å². The molecule has 0 unspecified atom stereocenters. The van der Waals surface area contributed by atoms with Crippen molar-refractivity contribution in [3.05, 3.63) is 33.8 Å². The minimum atomic E-state index is 0.0562. The first-order chi connectivity index (χ1) is 9.88. The number of nitrogens with zero attached hydrogens (tertiary/aromatic N) is 1. The van der Waals surface area contributed by atoms with Crippen LogP contribution < -0.4 is 5.32 Å². The van der Waals surface area contributed by atoms with Gasteiger partial charge in [0, 0.05) is 22.6 Å². The van der Waals surface area contributed by atoms with E-state index in [0.29, 0.717) is 6.61 Å². The van der Waals surface area contributed by atoms with E-state index in [2.05, 4.69) is 72.3 Å². The molecule has 0 radical (unpaired) electrons. The molecule has 0 heterocycles. The molecule has 118 valence electrons. The highest BCUT2D eigenvalue weighted by Crippen LogP contribution is 2.23. The summed E-state index contributed by atoms with van der Waals surface area (Å²) in [5.41, 5.74) is 2.59. The molecule has 1 N–H and O–H groups in total. The summed E-state index contributed by atoms with van der Waals surface area (Å²) in [6.45, 7) is 6.70. The first-order valence-corrected chi connectivity index (χ1v) is 8.43. The number of hydrogen-bond donors (Lipinski definition) is 1. The Morgan fingerprint density at radius 2 is 2.05 bits per heavy atom. The highest BCUT2D eigenvalue weighted by atomic mass is 79.9. The smallest absolute Gasteiger partial charge is 0.0728 e. The molecule has 1 aliphatic carbocycles. The summed E-state index contributed by atoms with van der Waals surface area (Å²) in [6, 6.07) is 7.30. The second kappa shape index (κ2) is 7.23. The van der Waals surface area contributed by atoms with Crippen molar-refractivity contribution in [3.8, 4) is 0 Å². The minimum Gasteiger partial charge on any atom is -0.375 e. The number of hydrogen-bond acceptors (Lipinski definition) is 3. The SMILES string of the molecule is CN(C)C(C)(C)COCc1ccc(CNC2CC2)cc1Br. The molecule has 3 nitrogen and oxygen atoms in total. The van der Waals surface area contributed by atoms with Crippen LogP contribution in [0.1, 0.15) is 37.8 Å². The van der Waals surface area contributed by atoms with Crippen LogP contribution in [0.2, 0.25) is 0 Å². The zero-order chi connectivity index (χ0) is 15.5. The fraction of sp³-hybridized carbons (Fsp3) is 0.647. The third-order valence-electron chi connectivity index (χ3n) is 4.21. The van der Waals surface area contributed by atoms with E-state index >= 15 is 0 Å². The van der Waals surface area contributed by atoms with Gasteiger partial charge < -0.3 is 15.0 Å². The number of nitrogens with one attached hydrogen (secondary N) is 1. The number of likely N-dealkylation sites (N-methyl/N-ethyl adjacent to an activating group) is 1. The summed E-state index contributed by atoms with van der Waals surface area (Å²) in [5.74, 6) is 0. The molecular formula is C17H27BrN2O. The summed E-state index contributed by atoms with van der Waals surface area (Å²) in [4.78, 5) is 2.19. The van der Waals surface area contributed by atoms with Crippen LogP contribution in [0.5, 0.6) is 0 Å². The largest absolute Gasteiger partial charge is 0.375 e. The molecule has 0 aliphatic heterocycles. The maximum Gasteiger partial charge on any atom is 0.0728 e. The molecule has 2 rings (SSSR count). The van der Waals surface area contributed by atoms with Crippen molar-refractivity contribution < 1.29 is 4.74 Å².